The van der Waals surface area contributed by atoms with E-state index in [1.807, 2.05) is 43.2 Å². The summed E-state index contributed by atoms with van der Waals surface area (Å²) in [4.78, 5) is 12.4. The SMILES string of the molecule is CC1CN(C)N=C1c1c(-c2ccc(NC(=O)OC(C)C3CC3)cc2)n(C2CCC2)c2cc(O)ccc12. The average Bonchev–Trinajstić information content (AvgIpc) is 3.54. The maximum absolute atomic E-state index is 12.4. The van der Waals surface area contributed by atoms with Crippen LogP contribution >= 0.6 is 0 Å². The Bertz CT molecular complexity index is 1330. The Hall–Kier alpha value is -3.48. The van der Waals surface area contributed by atoms with Crippen LogP contribution in [0.5, 0.6) is 5.75 Å². The van der Waals surface area contributed by atoms with Crippen LogP contribution in [0.4, 0.5) is 10.5 Å². The zero-order valence-electron chi connectivity index (χ0n) is 21.2. The molecule has 2 unspecified atom stereocenters. The molecule has 7 nitrogen and oxygen atoms in total. The van der Waals surface area contributed by atoms with Crippen molar-refractivity contribution in [1.29, 1.82) is 0 Å². The number of anilines is 1. The van der Waals surface area contributed by atoms with Gasteiger partial charge in [-0.1, -0.05) is 19.1 Å². The predicted molar refractivity (Wildman–Crippen MR) is 143 cm³/mol. The Kier molecular flexibility index (Phi) is 5.66. The van der Waals surface area contributed by atoms with Crippen LogP contribution in [0.2, 0.25) is 0 Å². The van der Waals surface area contributed by atoms with Crippen molar-refractivity contribution in [1.82, 2.24) is 9.58 Å². The van der Waals surface area contributed by atoms with E-state index in [4.69, 9.17) is 9.84 Å². The third-order valence-corrected chi connectivity index (χ3v) is 7.95. The lowest BCUT2D eigenvalue weighted by Crippen LogP contribution is -2.21. The zero-order valence-corrected chi connectivity index (χ0v) is 21.2. The summed E-state index contributed by atoms with van der Waals surface area (Å²) in [6, 6.07) is 14.1. The molecule has 2 N–H and O–H groups in total. The Morgan fingerprint density at radius 3 is 2.50 bits per heavy atom. The number of hydrogen-bond acceptors (Lipinski definition) is 5. The normalized spacial score (nSPS) is 20.8. The molecule has 36 heavy (non-hydrogen) atoms. The minimum Gasteiger partial charge on any atom is -0.508 e. The van der Waals surface area contributed by atoms with Gasteiger partial charge in [-0.15, -0.1) is 0 Å². The smallest absolute Gasteiger partial charge is 0.411 e. The average molecular weight is 487 g/mol. The fourth-order valence-electron chi connectivity index (χ4n) is 5.66. The van der Waals surface area contributed by atoms with Gasteiger partial charge >= 0.3 is 6.09 Å². The quantitative estimate of drug-likeness (QED) is 0.424. The lowest BCUT2D eigenvalue weighted by molar-refractivity contribution is 0.108. The second-order valence-corrected chi connectivity index (χ2v) is 10.8. The fourth-order valence-corrected chi connectivity index (χ4v) is 5.66. The summed E-state index contributed by atoms with van der Waals surface area (Å²) < 4.78 is 7.94. The van der Waals surface area contributed by atoms with Gasteiger partial charge in [0.1, 0.15) is 11.9 Å². The van der Waals surface area contributed by atoms with Crippen molar-refractivity contribution in [2.45, 2.75) is 58.1 Å². The number of carbonyl (C=O) groups is 1. The summed E-state index contributed by atoms with van der Waals surface area (Å²) in [5, 5.41) is 21.3. The molecule has 2 fully saturated rings. The maximum Gasteiger partial charge on any atom is 0.411 e. The van der Waals surface area contributed by atoms with Crippen molar-refractivity contribution in [3.05, 3.63) is 48.0 Å². The topological polar surface area (TPSA) is 79.1 Å². The molecule has 2 aromatic carbocycles. The van der Waals surface area contributed by atoms with E-state index in [1.54, 1.807) is 6.07 Å². The molecule has 0 spiro atoms. The van der Waals surface area contributed by atoms with Crippen LogP contribution < -0.4 is 5.32 Å². The van der Waals surface area contributed by atoms with E-state index in [1.165, 1.54) is 6.42 Å². The van der Waals surface area contributed by atoms with Gasteiger partial charge in [0.2, 0.25) is 0 Å². The van der Waals surface area contributed by atoms with Crippen molar-refractivity contribution in [3.8, 4) is 17.0 Å². The molecule has 0 saturated heterocycles. The molecule has 1 aliphatic heterocycles. The number of fused-ring (bicyclic) bond motifs is 1. The van der Waals surface area contributed by atoms with Crippen molar-refractivity contribution >= 4 is 28.4 Å². The number of hydrazone groups is 1. The number of amides is 1. The number of benzene rings is 2. The Morgan fingerprint density at radius 1 is 1.14 bits per heavy atom. The number of carbonyl (C=O) groups excluding carboxylic acids is 1. The van der Waals surface area contributed by atoms with Gasteiger partial charge in [0.25, 0.3) is 0 Å². The van der Waals surface area contributed by atoms with Gasteiger partial charge in [0.15, 0.2) is 0 Å². The van der Waals surface area contributed by atoms with Crippen LogP contribution in [0, 0.1) is 11.8 Å². The van der Waals surface area contributed by atoms with Crippen LogP contribution in [0.15, 0.2) is 47.6 Å². The second-order valence-electron chi connectivity index (χ2n) is 10.8. The molecule has 7 heteroatoms. The van der Waals surface area contributed by atoms with E-state index in [2.05, 4.69) is 28.9 Å². The molecule has 0 radical (unpaired) electrons. The maximum atomic E-state index is 12.4. The molecule has 3 aliphatic rings. The molecule has 2 aliphatic carbocycles. The first-order chi connectivity index (χ1) is 17.4. The third kappa shape index (κ3) is 4.10. The van der Waals surface area contributed by atoms with Crippen LogP contribution in [0.1, 0.15) is 57.6 Å². The summed E-state index contributed by atoms with van der Waals surface area (Å²) in [5.41, 5.74) is 6.20. The molecule has 6 rings (SSSR count). The Balaban J connectivity index is 1.42. The molecular formula is C29H34N4O3. The van der Waals surface area contributed by atoms with E-state index in [9.17, 15) is 9.90 Å². The first kappa shape index (κ1) is 23.0. The van der Waals surface area contributed by atoms with Gasteiger partial charge in [-0.2, -0.15) is 5.10 Å². The largest absolute Gasteiger partial charge is 0.508 e. The van der Waals surface area contributed by atoms with Crippen molar-refractivity contribution < 1.29 is 14.6 Å². The monoisotopic (exact) mass is 486 g/mol. The summed E-state index contributed by atoms with van der Waals surface area (Å²) >= 11 is 0. The molecule has 0 bridgehead atoms. The number of aromatic hydroxyl groups is 1. The number of nitrogens with one attached hydrogen (secondary N) is 1. The van der Waals surface area contributed by atoms with E-state index < -0.39 is 6.09 Å². The van der Waals surface area contributed by atoms with Gasteiger partial charge in [-0.3, -0.25) is 10.3 Å². The summed E-state index contributed by atoms with van der Waals surface area (Å²) in [6.45, 7) is 5.07. The van der Waals surface area contributed by atoms with Crippen molar-refractivity contribution in [2.24, 2.45) is 16.9 Å². The minimum absolute atomic E-state index is 0.0475. The molecular weight excluding hydrogens is 452 g/mol. The fraction of sp³-hybridized carbons (Fsp3) is 0.448. The lowest BCUT2D eigenvalue weighted by Gasteiger charge is -2.30. The highest BCUT2D eigenvalue weighted by Crippen LogP contribution is 2.45. The van der Waals surface area contributed by atoms with Gasteiger partial charge in [-0.25, -0.2) is 4.79 Å². The summed E-state index contributed by atoms with van der Waals surface area (Å²) in [6.07, 6.45) is 5.28. The van der Waals surface area contributed by atoms with Crippen molar-refractivity contribution in [3.63, 3.8) is 0 Å². The first-order valence-corrected chi connectivity index (χ1v) is 13.1. The lowest BCUT2D eigenvalue weighted by atomic mass is 9.91. The van der Waals surface area contributed by atoms with E-state index >= 15 is 0 Å². The summed E-state index contributed by atoms with van der Waals surface area (Å²) in [5.74, 6) is 1.08. The highest BCUT2D eigenvalue weighted by molar-refractivity contribution is 6.17. The third-order valence-electron chi connectivity index (χ3n) is 7.95. The van der Waals surface area contributed by atoms with Crippen LogP contribution in [0.25, 0.3) is 22.2 Å². The molecule has 2 atom stereocenters. The number of aromatic nitrogens is 1. The van der Waals surface area contributed by atoms with E-state index in [0.29, 0.717) is 23.6 Å². The number of phenols is 1. The molecule has 1 amide bonds. The molecule has 1 aromatic heterocycles. The molecule has 188 valence electrons. The standard InChI is InChI=1S/C29H34N4O3/c1-17-16-32(3)31-27(17)26-24-14-13-23(34)15-25(24)33(22-5-4-6-22)28(26)20-9-11-21(12-10-20)30-29(35)36-18(2)19-7-8-19/h9-15,17-19,22,34H,4-8,16H2,1-3H3,(H,30,35). The van der Waals surface area contributed by atoms with Gasteiger partial charge in [0.05, 0.1) is 16.9 Å². The van der Waals surface area contributed by atoms with E-state index in [0.717, 1.165) is 65.7 Å². The van der Waals surface area contributed by atoms with Crippen LogP contribution in [-0.4, -0.2) is 46.2 Å². The Labute approximate surface area is 211 Å². The minimum atomic E-state index is -0.404. The Morgan fingerprint density at radius 2 is 1.89 bits per heavy atom. The van der Waals surface area contributed by atoms with Gasteiger partial charge < -0.3 is 14.4 Å². The highest BCUT2D eigenvalue weighted by atomic mass is 16.6. The van der Waals surface area contributed by atoms with Crippen LogP contribution in [0.3, 0.4) is 0 Å². The number of rotatable bonds is 6. The zero-order chi connectivity index (χ0) is 25.0. The number of phenolic OH excluding ortho intramolecular Hbond substituents is 1. The first-order valence-electron chi connectivity index (χ1n) is 13.1. The highest BCUT2D eigenvalue weighted by Gasteiger charge is 2.33. The van der Waals surface area contributed by atoms with E-state index in [-0.39, 0.29) is 11.9 Å². The predicted octanol–water partition coefficient (Wildman–Crippen LogP) is 6.37. The van der Waals surface area contributed by atoms with Gasteiger partial charge in [0, 0.05) is 48.3 Å². The number of nitrogens with zero attached hydrogens (tertiary/aromatic N) is 3. The summed E-state index contributed by atoms with van der Waals surface area (Å²) in [7, 11) is 2.02. The van der Waals surface area contributed by atoms with Crippen molar-refractivity contribution in [2.75, 3.05) is 18.9 Å². The molecule has 2 saturated carbocycles. The van der Waals surface area contributed by atoms with Gasteiger partial charge in [-0.05, 0) is 74.8 Å². The number of ether oxygens (including phenoxy) is 1. The second kappa shape index (κ2) is 8.87. The molecule has 2 heterocycles. The van der Waals surface area contributed by atoms with Crippen LogP contribution in [-0.2, 0) is 4.74 Å². The molecule has 3 aromatic rings. The number of hydrogen-bond donors (Lipinski definition) is 2.